The van der Waals surface area contributed by atoms with Crippen LogP contribution in [0.4, 0.5) is 0 Å². The maximum Gasteiger partial charge on any atom is 0.139 e. The third kappa shape index (κ3) is 3.12. The Morgan fingerprint density at radius 3 is 2.71 bits per heavy atom. The highest BCUT2D eigenvalue weighted by atomic mass is 16.5. The number of hydrogen-bond donors (Lipinski definition) is 1. The molecule has 0 radical (unpaired) electrons. The van der Waals surface area contributed by atoms with Crippen molar-refractivity contribution in [2.75, 3.05) is 20.3 Å². The maximum atomic E-state index is 5.03. The van der Waals surface area contributed by atoms with Crippen molar-refractivity contribution in [2.45, 2.75) is 24.8 Å². The lowest BCUT2D eigenvalue weighted by Crippen LogP contribution is -2.21. The number of rotatable bonds is 7. The molecule has 1 aromatic carbocycles. The highest BCUT2D eigenvalue weighted by molar-refractivity contribution is 5.39. The van der Waals surface area contributed by atoms with Gasteiger partial charge in [-0.05, 0) is 24.5 Å². The molecule has 4 nitrogen and oxygen atoms in total. The summed E-state index contributed by atoms with van der Waals surface area (Å²) in [6.07, 6.45) is 4.15. The van der Waals surface area contributed by atoms with E-state index in [1.54, 1.807) is 7.11 Å². The van der Waals surface area contributed by atoms with Crippen molar-refractivity contribution in [3.8, 4) is 0 Å². The van der Waals surface area contributed by atoms with E-state index in [1.165, 1.54) is 5.56 Å². The van der Waals surface area contributed by atoms with E-state index in [-0.39, 0.29) is 5.41 Å². The highest BCUT2D eigenvalue weighted by Crippen LogP contribution is 2.51. The van der Waals surface area contributed by atoms with Gasteiger partial charge < -0.3 is 10.1 Å². The largest absolute Gasteiger partial charge is 0.383 e. The number of nitrogens with one attached hydrogen (secondary N) is 1. The highest BCUT2D eigenvalue weighted by Gasteiger charge is 2.48. The number of hydrogen-bond acceptors (Lipinski definition) is 4. The van der Waals surface area contributed by atoms with Gasteiger partial charge in [0, 0.05) is 26.4 Å². The summed E-state index contributed by atoms with van der Waals surface area (Å²) in [6, 6.07) is 12.6. The molecule has 1 fully saturated rings. The molecule has 1 N–H and O–H groups in total. The zero-order valence-electron chi connectivity index (χ0n) is 12.4. The molecule has 2 aromatic rings. The molecule has 0 bridgehead atoms. The monoisotopic (exact) mass is 283 g/mol. The first-order chi connectivity index (χ1) is 10.3. The van der Waals surface area contributed by atoms with Crippen LogP contribution in [0.5, 0.6) is 0 Å². The van der Waals surface area contributed by atoms with E-state index in [9.17, 15) is 0 Å². The smallest absolute Gasteiger partial charge is 0.139 e. The topological polar surface area (TPSA) is 47.0 Å². The van der Waals surface area contributed by atoms with Crippen molar-refractivity contribution in [3.05, 3.63) is 59.7 Å². The van der Waals surface area contributed by atoms with Gasteiger partial charge in [0.2, 0.25) is 0 Å². The molecule has 0 unspecified atom stereocenters. The standard InChI is InChI=1S/C17H21N3O/c1-21-12-11-18-13-15-7-10-19-16(20-15)17(8-9-17)14-5-3-2-4-6-14/h2-7,10,18H,8-9,11-13H2,1H3. The van der Waals surface area contributed by atoms with E-state index >= 15 is 0 Å². The van der Waals surface area contributed by atoms with E-state index < -0.39 is 0 Å². The average molecular weight is 283 g/mol. The number of aromatic nitrogens is 2. The fraction of sp³-hybridized carbons (Fsp3) is 0.412. The molecular formula is C17H21N3O. The molecule has 1 heterocycles. The summed E-state index contributed by atoms with van der Waals surface area (Å²) in [7, 11) is 1.71. The average Bonchev–Trinajstić information content (AvgIpc) is 3.35. The number of methoxy groups -OCH3 is 1. The Hall–Kier alpha value is -1.78. The second-order valence-corrected chi connectivity index (χ2v) is 5.49. The summed E-state index contributed by atoms with van der Waals surface area (Å²) in [5, 5.41) is 3.33. The molecule has 4 heteroatoms. The Morgan fingerprint density at radius 1 is 1.19 bits per heavy atom. The van der Waals surface area contributed by atoms with Crippen molar-refractivity contribution in [1.82, 2.24) is 15.3 Å². The molecule has 110 valence electrons. The molecule has 1 saturated carbocycles. The minimum Gasteiger partial charge on any atom is -0.383 e. The molecular weight excluding hydrogens is 262 g/mol. The maximum absolute atomic E-state index is 5.03. The van der Waals surface area contributed by atoms with Crippen LogP contribution in [-0.2, 0) is 16.7 Å². The quantitative estimate of drug-likeness (QED) is 0.792. The predicted molar refractivity (Wildman–Crippen MR) is 82.1 cm³/mol. The molecule has 1 aliphatic carbocycles. The van der Waals surface area contributed by atoms with Crippen LogP contribution in [-0.4, -0.2) is 30.2 Å². The van der Waals surface area contributed by atoms with E-state index in [1.807, 2.05) is 12.3 Å². The van der Waals surface area contributed by atoms with Gasteiger partial charge >= 0.3 is 0 Å². The molecule has 0 aliphatic heterocycles. The Labute approximate surface area is 125 Å². The first kappa shape index (κ1) is 14.2. The van der Waals surface area contributed by atoms with Crippen LogP contribution < -0.4 is 5.32 Å². The summed E-state index contributed by atoms with van der Waals surface area (Å²) >= 11 is 0. The van der Waals surface area contributed by atoms with Crippen LogP contribution >= 0.6 is 0 Å². The van der Waals surface area contributed by atoms with Crippen LogP contribution in [0.3, 0.4) is 0 Å². The molecule has 0 saturated heterocycles. The van der Waals surface area contributed by atoms with Crippen molar-refractivity contribution in [1.29, 1.82) is 0 Å². The van der Waals surface area contributed by atoms with Crippen molar-refractivity contribution >= 4 is 0 Å². The second kappa shape index (κ2) is 6.33. The van der Waals surface area contributed by atoms with Crippen LogP contribution in [0.25, 0.3) is 0 Å². The van der Waals surface area contributed by atoms with Crippen LogP contribution in [0.1, 0.15) is 29.9 Å². The summed E-state index contributed by atoms with van der Waals surface area (Å²) < 4.78 is 5.03. The summed E-state index contributed by atoms with van der Waals surface area (Å²) in [4.78, 5) is 9.30. The number of ether oxygens (including phenoxy) is 1. The zero-order valence-corrected chi connectivity index (χ0v) is 12.4. The summed E-state index contributed by atoms with van der Waals surface area (Å²) in [5.41, 5.74) is 2.41. The molecule has 21 heavy (non-hydrogen) atoms. The van der Waals surface area contributed by atoms with Gasteiger partial charge in [-0.25, -0.2) is 9.97 Å². The van der Waals surface area contributed by atoms with Gasteiger partial charge in [0.15, 0.2) is 0 Å². The van der Waals surface area contributed by atoms with Crippen molar-refractivity contribution < 1.29 is 4.74 Å². The molecule has 0 spiro atoms. The third-order valence-corrected chi connectivity index (χ3v) is 4.01. The molecule has 0 atom stereocenters. The van der Waals surface area contributed by atoms with Crippen LogP contribution in [0, 0.1) is 0 Å². The van der Waals surface area contributed by atoms with Gasteiger partial charge in [-0.15, -0.1) is 0 Å². The Bertz CT molecular complexity index is 582. The Balaban J connectivity index is 1.74. The lowest BCUT2D eigenvalue weighted by atomic mass is 9.95. The molecule has 1 aliphatic rings. The Morgan fingerprint density at radius 2 is 2.00 bits per heavy atom. The minimum absolute atomic E-state index is 0.0454. The van der Waals surface area contributed by atoms with Gasteiger partial charge in [0.25, 0.3) is 0 Å². The SMILES string of the molecule is COCCNCc1ccnc(C2(c3ccccc3)CC2)n1. The van der Waals surface area contributed by atoms with Crippen molar-refractivity contribution in [3.63, 3.8) is 0 Å². The van der Waals surface area contributed by atoms with Gasteiger partial charge in [-0.3, -0.25) is 0 Å². The Kier molecular flexibility index (Phi) is 4.27. The fourth-order valence-electron chi connectivity index (χ4n) is 2.64. The van der Waals surface area contributed by atoms with Gasteiger partial charge in [-0.2, -0.15) is 0 Å². The lowest BCUT2D eigenvalue weighted by Gasteiger charge is -2.15. The fourth-order valence-corrected chi connectivity index (χ4v) is 2.64. The van der Waals surface area contributed by atoms with Crippen molar-refractivity contribution in [2.24, 2.45) is 0 Å². The molecule has 1 aromatic heterocycles. The zero-order chi connectivity index (χ0) is 14.5. The lowest BCUT2D eigenvalue weighted by molar-refractivity contribution is 0.199. The van der Waals surface area contributed by atoms with E-state index in [2.05, 4.69) is 40.6 Å². The van der Waals surface area contributed by atoms with E-state index in [0.717, 1.165) is 37.4 Å². The van der Waals surface area contributed by atoms with Crippen LogP contribution in [0.15, 0.2) is 42.6 Å². The predicted octanol–water partition coefficient (Wildman–Crippen LogP) is 2.29. The summed E-state index contributed by atoms with van der Waals surface area (Å²) in [6.45, 7) is 2.30. The normalized spacial score (nSPS) is 15.9. The van der Waals surface area contributed by atoms with Gasteiger partial charge in [0.05, 0.1) is 17.7 Å². The van der Waals surface area contributed by atoms with Gasteiger partial charge in [-0.1, -0.05) is 30.3 Å². The first-order valence-corrected chi connectivity index (χ1v) is 7.43. The summed E-state index contributed by atoms with van der Waals surface area (Å²) in [5.74, 6) is 0.958. The molecule has 3 rings (SSSR count). The molecule has 0 amide bonds. The van der Waals surface area contributed by atoms with E-state index in [0.29, 0.717) is 6.61 Å². The second-order valence-electron chi connectivity index (χ2n) is 5.49. The van der Waals surface area contributed by atoms with Crippen LogP contribution in [0.2, 0.25) is 0 Å². The van der Waals surface area contributed by atoms with E-state index in [4.69, 9.17) is 9.72 Å². The number of nitrogens with zero attached hydrogens (tertiary/aromatic N) is 2. The first-order valence-electron chi connectivity index (χ1n) is 7.43. The third-order valence-electron chi connectivity index (χ3n) is 4.01. The minimum atomic E-state index is 0.0454. The van der Waals surface area contributed by atoms with Gasteiger partial charge in [0.1, 0.15) is 5.82 Å². The number of benzene rings is 1.